The highest BCUT2D eigenvalue weighted by Gasteiger charge is 2.30. The van der Waals surface area contributed by atoms with E-state index < -0.39 is 27.4 Å². The van der Waals surface area contributed by atoms with E-state index in [-0.39, 0.29) is 24.3 Å². The number of carbonyl (C=O) groups excluding carboxylic acids is 2. The van der Waals surface area contributed by atoms with Crippen molar-refractivity contribution in [2.45, 2.75) is 12.8 Å². The number of nitrogens with two attached hydrogens (primary N) is 1. The van der Waals surface area contributed by atoms with Gasteiger partial charge < -0.3 is 5.73 Å². The van der Waals surface area contributed by atoms with Gasteiger partial charge in [0.25, 0.3) is 5.91 Å². The van der Waals surface area contributed by atoms with Crippen molar-refractivity contribution < 1.29 is 18.0 Å². The van der Waals surface area contributed by atoms with Gasteiger partial charge in [0.05, 0.1) is 11.5 Å². The smallest absolute Gasteiger partial charge is 0.285 e. The number of Topliss-reactive ketones (excluding diaryl/α,β-unsaturated/α-hetero) is 1. The summed E-state index contributed by atoms with van der Waals surface area (Å²) < 4.78 is 21.9. The standard InChI is InChI=1S/C7H11NO4S/c8-7(10)6(9)5-1-3-13(11,12)4-2-5/h5H,1-4H2,(H2,8,10). The molecule has 0 aromatic carbocycles. The minimum Gasteiger partial charge on any atom is -0.363 e. The first kappa shape index (κ1) is 10.2. The van der Waals surface area contributed by atoms with Crippen molar-refractivity contribution in [1.29, 1.82) is 0 Å². The first-order valence-electron chi connectivity index (χ1n) is 3.96. The van der Waals surface area contributed by atoms with Crippen molar-refractivity contribution in [3.05, 3.63) is 0 Å². The zero-order chi connectivity index (χ0) is 10.1. The van der Waals surface area contributed by atoms with Crippen LogP contribution in [0.2, 0.25) is 0 Å². The van der Waals surface area contributed by atoms with Crippen LogP contribution < -0.4 is 5.73 Å². The van der Waals surface area contributed by atoms with Crippen LogP contribution in [0.25, 0.3) is 0 Å². The Bertz CT molecular complexity index is 318. The number of rotatable bonds is 2. The fourth-order valence-electron chi connectivity index (χ4n) is 1.35. The third-order valence-electron chi connectivity index (χ3n) is 2.17. The van der Waals surface area contributed by atoms with E-state index in [1.165, 1.54) is 0 Å². The van der Waals surface area contributed by atoms with Crippen molar-refractivity contribution >= 4 is 21.5 Å². The van der Waals surface area contributed by atoms with Gasteiger partial charge in [-0.1, -0.05) is 0 Å². The average molecular weight is 205 g/mol. The van der Waals surface area contributed by atoms with E-state index in [1.54, 1.807) is 0 Å². The molecule has 0 bridgehead atoms. The molecule has 1 saturated heterocycles. The lowest BCUT2D eigenvalue weighted by molar-refractivity contribution is -0.138. The minimum absolute atomic E-state index is 0.0172. The molecule has 0 atom stereocenters. The highest BCUT2D eigenvalue weighted by atomic mass is 32.2. The minimum atomic E-state index is -2.98. The molecule has 0 radical (unpaired) electrons. The van der Waals surface area contributed by atoms with Crippen molar-refractivity contribution in [1.82, 2.24) is 0 Å². The summed E-state index contributed by atoms with van der Waals surface area (Å²) in [4.78, 5) is 21.5. The Labute approximate surface area is 76.2 Å². The van der Waals surface area contributed by atoms with Crippen molar-refractivity contribution in [2.24, 2.45) is 11.7 Å². The van der Waals surface area contributed by atoms with Crippen LogP contribution in [0.15, 0.2) is 0 Å². The second-order valence-electron chi connectivity index (χ2n) is 3.15. The van der Waals surface area contributed by atoms with E-state index in [0.717, 1.165) is 0 Å². The summed E-state index contributed by atoms with van der Waals surface area (Å²) in [6, 6.07) is 0. The largest absolute Gasteiger partial charge is 0.363 e. The summed E-state index contributed by atoms with van der Waals surface area (Å²) in [6.45, 7) is 0. The number of primary amides is 1. The Morgan fingerprint density at radius 2 is 1.62 bits per heavy atom. The molecule has 0 spiro atoms. The number of hydrogen-bond donors (Lipinski definition) is 1. The van der Waals surface area contributed by atoms with Crippen LogP contribution in [0.4, 0.5) is 0 Å². The summed E-state index contributed by atoms with van der Waals surface area (Å²) in [7, 11) is -2.98. The maximum absolute atomic E-state index is 11.0. The SMILES string of the molecule is NC(=O)C(=O)C1CCS(=O)(=O)CC1. The van der Waals surface area contributed by atoms with Crippen LogP contribution in [0.1, 0.15) is 12.8 Å². The second-order valence-corrected chi connectivity index (χ2v) is 5.46. The predicted molar refractivity (Wildman–Crippen MR) is 45.6 cm³/mol. The van der Waals surface area contributed by atoms with Gasteiger partial charge in [-0.15, -0.1) is 0 Å². The first-order valence-corrected chi connectivity index (χ1v) is 5.78. The molecule has 1 aliphatic heterocycles. The molecular weight excluding hydrogens is 194 g/mol. The van der Waals surface area contributed by atoms with Crippen molar-refractivity contribution in [3.63, 3.8) is 0 Å². The van der Waals surface area contributed by atoms with E-state index in [0.29, 0.717) is 0 Å². The Morgan fingerprint density at radius 3 is 2.00 bits per heavy atom. The highest BCUT2D eigenvalue weighted by Crippen LogP contribution is 2.19. The van der Waals surface area contributed by atoms with Gasteiger partial charge in [-0.3, -0.25) is 9.59 Å². The third kappa shape index (κ3) is 2.51. The average Bonchev–Trinajstić information content (AvgIpc) is 2.03. The summed E-state index contributed by atoms with van der Waals surface area (Å²) in [5, 5.41) is 0. The van der Waals surface area contributed by atoms with Crippen LogP contribution in [0.3, 0.4) is 0 Å². The monoisotopic (exact) mass is 205 g/mol. The van der Waals surface area contributed by atoms with E-state index >= 15 is 0 Å². The normalized spacial score (nSPS) is 22.5. The van der Waals surface area contributed by atoms with Gasteiger partial charge in [-0.05, 0) is 12.8 Å². The van der Waals surface area contributed by atoms with E-state index in [9.17, 15) is 18.0 Å². The molecule has 0 aliphatic carbocycles. The molecule has 2 N–H and O–H groups in total. The molecule has 1 heterocycles. The van der Waals surface area contributed by atoms with Crippen molar-refractivity contribution in [3.8, 4) is 0 Å². The number of carbonyl (C=O) groups is 2. The van der Waals surface area contributed by atoms with Crippen molar-refractivity contribution in [2.75, 3.05) is 11.5 Å². The Kier molecular flexibility index (Phi) is 2.70. The lowest BCUT2D eigenvalue weighted by Crippen LogP contribution is -2.35. The maximum atomic E-state index is 11.0. The highest BCUT2D eigenvalue weighted by molar-refractivity contribution is 7.91. The lowest BCUT2D eigenvalue weighted by Gasteiger charge is -2.18. The summed E-state index contributed by atoms with van der Waals surface area (Å²) in [6.07, 6.45) is 0.453. The molecule has 0 unspecified atom stereocenters. The van der Waals surface area contributed by atoms with E-state index in [1.807, 2.05) is 0 Å². The van der Waals surface area contributed by atoms with Crippen LogP contribution in [-0.4, -0.2) is 31.6 Å². The molecule has 6 heteroatoms. The topological polar surface area (TPSA) is 94.3 Å². The molecule has 74 valence electrons. The molecule has 0 aromatic rings. The van der Waals surface area contributed by atoms with Gasteiger partial charge in [0.15, 0.2) is 0 Å². The molecule has 0 saturated carbocycles. The fourth-order valence-corrected chi connectivity index (χ4v) is 2.84. The maximum Gasteiger partial charge on any atom is 0.285 e. The van der Waals surface area contributed by atoms with Gasteiger partial charge >= 0.3 is 0 Å². The summed E-state index contributed by atoms with van der Waals surface area (Å²) in [5.41, 5.74) is 4.80. The Balaban J connectivity index is 2.60. The zero-order valence-electron chi connectivity index (χ0n) is 7.02. The van der Waals surface area contributed by atoms with Gasteiger partial charge in [0.1, 0.15) is 9.84 Å². The van der Waals surface area contributed by atoms with Gasteiger partial charge in [0, 0.05) is 5.92 Å². The molecule has 5 nitrogen and oxygen atoms in total. The number of ketones is 1. The Morgan fingerprint density at radius 1 is 1.15 bits per heavy atom. The van der Waals surface area contributed by atoms with Crippen LogP contribution >= 0.6 is 0 Å². The quantitative estimate of drug-likeness (QED) is 0.577. The van der Waals surface area contributed by atoms with Crippen LogP contribution in [0, 0.1) is 5.92 Å². The molecule has 1 rings (SSSR count). The molecule has 1 aliphatic rings. The molecule has 1 amide bonds. The predicted octanol–water partition coefficient (Wildman–Crippen LogP) is -1.13. The van der Waals surface area contributed by atoms with Gasteiger partial charge in [-0.25, -0.2) is 8.42 Å². The fraction of sp³-hybridized carbons (Fsp3) is 0.714. The summed E-state index contributed by atoms with van der Waals surface area (Å²) in [5.74, 6) is -2.13. The van der Waals surface area contributed by atoms with Gasteiger partial charge in [-0.2, -0.15) is 0 Å². The first-order chi connectivity index (χ1) is 5.92. The Hall–Kier alpha value is -0.910. The second kappa shape index (κ2) is 3.45. The molecule has 13 heavy (non-hydrogen) atoms. The summed E-state index contributed by atoms with van der Waals surface area (Å²) >= 11 is 0. The zero-order valence-corrected chi connectivity index (χ0v) is 7.84. The number of sulfone groups is 1. The van der Waals surface area contributed by atoms with Crippen LogP contribution in [0.5, 0.6) is 0 Å². The number of amides is 1. The number of hydrogen-bond acceptors (Lipinski definition) is 4. The van der Waals surface area contributed by atoms with Crippen LogP contribution in [-0.2, 0) is 19.4 Å². The van der Waals surface area contributed by atoms with E-state index in [4.69, 9.17) is 5.73 Å². The molecule has 1 fully saturated rings. The third-order valence-corrected chi connectivity index (χ3v) is 3.88. The molecule has 0 aromatic heterocycles. The lowest BCUT2D eigenvalue weighted by atomic mass is 9.97. The van der Waals surface area contributed by atoms with E-state index in [2.05, 4.69) is 0 Å². The molecular formula is C7H11NO4S. The van der Waals surface area contributed by atoms with Gasteiger partial charge in [0.2, 0.25) is 5.78 Å².